The highest BCUT2D eigenvalue weighted by Crippen LogP contribution is 2.24. The highest BCUT2D eigenvalue weighted by Gasteiger charge is 2.23. The third-order valence-electron chi connectivity index (χ3n) is 3.93. The predicted molar refractivity (Wildman–Crippen MR) is 69.6 cm³/mol. The van der Waals surface area contributed by atoms with Gasteiger partial charge in [-0.2, -0.15) is 4.98 Å². The van der Waals surface area contributed by atoms with E-state index in [4.69, 9.17) is 4.52 Å². The number of piperidine rings is 1. The lowest BCUT2D eigenvalue weighted by Crippen LogP contribution is -2.27. The first kappa shape index (κ1) is 12.0. The molecule has 18 heavy (non-hydrogen) atoms. The Hall–Kier alpha value is -1.10. The van der Waals surface area contributed by atoms with E-state index in [1.807, 2.05) is 0 Å². The lowest BCUT2D eigenvalue weighted by Gasteiger charge is -2.20. The first-order valence-electron chi connectivity index (χ1n) is 7.25. The quantitative estimate of drug-likeness (QED) is 0.872. The lowest BCUT2D eigenvalue weighted by atomic mass is 10.1. The molecule has 5 nitrogen and oxygen atoms in total. The standard InChI is InChI=1S/C13H22N4O/c1-2-6-10-17(9-5-1)13-15-12(18-16-13)11-7-3-4-8-14-11/h11,14H,1-10H2/t11-/m1/s1. The van der Waals surface area contributed by atoms with E-state index < -0.39 is 0 Å². The minimum atomic E-state index is 0.270. The second-order valence-corrected chi connectivity index (χ2v) is 5.34. The molecule has 1 aromatic rings. The van der Waals surface area contributed by atoms with E-state index in [2.05, 4.69) is 20.4 Å². The van der Waals surface area contributed by atoms with E-state index in [9.17, 15) is 0 Å². The fraction of sp³-hybridized carbons (Fsp3) is 0.846. The molecule has 2 aliphatic heterocycles. The van der Waals surface area contributed by atoms with Gasteiger partial charge in [0.15, 0.2) is 0 Å². The zero-order chi connectivity index (χ0) is 12.2. The van der Waals surface area contributed by atoms with Crippen LogP contribution in [0.1, 0.15) is 56.9 Å². The Labute approximate surface area is 108 Å². The highest BCUT2D eigenvalue weighted by atomic mass is 16.5. The summed E-state index contributed by atoms with van der Waals surface area (Å²) < 4.78 is 5.43. The van der Waals surface area contributed by atoms with Crippen LogP contribution in [0.4, 0.5) is 5.95 Å². The second-order valence-electron chi connectivity index (χ2n) is 5.34. The van der Waals surface area contributed by atoms with Gasteiger partial charge < -0.3 is 14.7 Å². The summed E-state index contributed by atoms with van der Waals surface area (Å²) in [6.07, 6.45) is 8.75. The van der Waals surface area contributed by atoms with Crippen molar-refractivity contribution < 1.29 is 4.52 Å². The van der Waals surface area contributed by atoms with E-state index >= 15 is 0 Å². The minimum Gasteiger partial charge on any atom is -0.338 e. The zero-order valence-electron chi connectivity index (χ0n) is 10.9. The molecule has 0 saturated carbocycles. The maximum atomic E-state index is 5.43. The molecule has 1 aromatic heterocycles. The van der Waals surface area contributed by atoms with Crippen molar-refractivity contribution in [3.05, 3.63) is 5.89 Å². The molecule has 0 bridgehead atoms. The number of anilines is 1. The van der Waals surface area contributed by atoms with Gasteiger partial charge in [-0.05, 0) is 37.4 Å². The van der Waals surface area contributed by atoms with Crippen molar-refractivity contribution in [3.63, 3.8) is 0 Å². The number of hydrogen-bond acceptors (Lipinski definition) is 5. The summed E-state index contributed by atoms with van der Waals surface area (Å²) in [5.74, 6) is 1.56. The normalized spacial score (nSPS) is 26.0. The summed E-state index contributed by atoms with van der Waals surface area (Å²) in [7, 11) is 0. The van der Waals surface area contributed by atoms with Crippen molar-refractivity contribution in [2.24, 2.45) is 0 Å². The van der Waals surface area contributed by atoms with Crippen molar-refractivity contribution in [3.8, 4) is 0 Å². The Morgan fingerprint density at radius 2 is 1.89 bits per heavy atom. The van der Waals surface area contributed by atoms with Crippen LogP contribution in [0, 0.1) is 0 Å². The maximum absolute atomic E-state index is 5.43. The number of hydrogen-bond donors (Lipinski definition) is 1. The molecule has 2 saturated heterocycles. The molecule has 0 aromatic carbocycles. The molecule has 2 fully saturated rings. The number of nitrogens with one attached hydrogen (secondary N) is 1. The van der Waals surface area contributed by atoms with Gasteiger partial charge in [0.05, 0.1) is 6.04 Å². The van der Waals surface area contributed by atoms with Gasteiger partial charge in [0.2, 0.25) is 5.89 Å². The van der Waals surface area contributed by atoms with Gasteiger partial charge in [-0.25, -0.2) is 0 Å². The third-order valence-corrected chi connectivity index (χ3v) is 3.93. The van der Waals surface area contributed by atoms with Crippen LogP contribution < -0.4 is 10.2 Å². The average Bonchev–Trinajstić information content (AvgIpc) is 2.76. The van der Waals surface area contributed by atoms with E-state index in [0.717, 1.165) is 37.9 Å². The van der Waals surface area contributed by atoms with Crippen LogP contribution in [-0.4, -0.2) is 29.8 Å². The zero-order valence-corrected chi connectivity index (χ0v) is 10.9. The van der Waals surface area contributed by atoms with Crippen molar-refractivity contribution in [1.29, 1.82) is 0 Å². The smallest absolute Gasteiger partial charge is 0.266 e. The summed E-state index contributed by atoms with van der Waals surface area (Å²) in [5, 5.41) is 7.61. The first-order valence-corrected chi connectivity index (χ1v) is 7.25. The first-order chi connectivity index (χ1) is 8.93. The Morgan fingerprint density at radius 1 is 1.06 bits per heavy atom. The fourth-order valence-electron chi connectivity index (χ4n) is 2.83. The SMILES string of the molecule is C1CCCN(c2noc([C@H]3CCCCN3)n2)CC1. The number of aromatic nitrogens is 2. The Balaban J connectivity index is 1.67. The van der Waals surface area contributed by atoms with Gasteiger partial charge in [-0.3, -0.25) is 0 Å². The second kappa shape index (κ2) is 5.69. The Kier molecular flexibility index (Phi) is 3.78. The topological polar surface area (TPSA) is 54.2 Å². The van der Waals surface area contributed by atoms with Gasteiger partial charge >= 0.3 is 0 Å². The van der Waals surface area contributed by atoms with Crippen LogP contribution in [0.5, 0.6) is 0 Å². The van der Waals surface area contributed by atoms with Gasteiger partial charge in [-0.15, -0.1) is 0 Å². The monoisotopic (exact) mass is 250 g/mol. The fourth-order valence-corrected chi connectivity index (χ4v) is 2.83. The number of nitrogens with zero attached hydrogens (tertiary/aromatic N) is 3. The van der Waals surface area contributed by atoms with Crippen molar-refractivity contribution in [1.82, 2.24) is 15.5 Å². The number of rotatable bonds is 2. The molecule has 1 atom stereocenters. The molecule has 0 amide bonds. The van der Waals surface area contributed by atoms with Crippen LogP contribution in [-0.2, 0) is 0 Å². The Bertz CT molecular complexity index is 365. The molecule has 0 unspecified atom stereocenters. The van der Waals surface area contributed by atoms with E-state index in [-0.39, 0.29) is 6.04 Å². The summed E-state index contributed by atoms with van der Waals surface area (Å²) in [6.45, 7) is 3.19. The molecular formula is C13H22N4O. The summed E-state index contributed by atoms with van der Waals surface area (Å²) >= 11 is 0. The molecule has 5 heteroatoms. The van der Waals surface area contributed by atoms with Gasteiger partial charge in [-0.1, -0.05) is 19.3 Å². The summed E-state index contributed by atoms with van der Waals surface area (Å²) in [5.41, 5.74) is 0. The summed E-state index contributed by atoms with van der Waals surface area (Å²) in [4.78, 5) is 6.85. The van der Waals surface area contributed by atoms with Crippen molar-refractivity contribution in [2.45, 2.75) is 51.0 Å². The molecular weight excluding hydrogens is 228 g/mol. The highest BCUT2D eigenvalue weighted by molar-refractivity contribution is 5.28. The van der Waals surface area contributed by atoms with Gasteiger partial charge in [0.25, 0.3) is 5.95 Å². The largest absolute Gasteiger partial charge is 0.338 e. The Morgan fingerprint density at radius 3 is 2.61 bits per heavy atom. The third kappa shape index (κ3) is 2.66. The minimum absolute atomic E-state index is 0.270. The average molecular weight is 250 g/mol. The molecule has 2 aliphatic rings. The van der Waals surface area contributed by atoms with E-state index in [0.29, 0.717) is 0 Å². The van der Waals surface area contributed by atoms with Gasteiger partial charge in [0, 0.05) is 13.1 Å². The predicted octanol–water partition coefficient (Wildman–Crippen LogP) is 2.26. The molecule has 100 valence electrons. The molecule has 0 spiro atoms. The van der Waals surface area contributed by atoms with Crippen LogP contribution in [0.25, 0.3) is 0 Å². The van der Waals surface area contributed by atoms with Crippen molar-refractivity contribution >= 4 is 5.95 Å². The molecule has 0 aliphatic carbocycles. The van der Waals surface area contributed by atoms with Crippen LogP contribution in [0.15, 0.2) is 4.52 Å². The van der Waals surface area contributed by atoms with Gasteiger partial charge in [0.1, 0.15) is 0 Å². The lowest BCUT2D eigenvalue weighted by molar-refractivity contribution is 0.297. The van der Waals surface area contributed by atoms with E-state index in [1.165, 1.54) is 38.5 Å². The van der Waals surface area contributed by atoms with Crippen LogP contribution in [0.3, 0.4) is 0 Å². The molecule has 1 N–H and O–H groups in total. The summed E-state index contributed by atoms with van der Waals surface area (Å²) in [6, 6.07) is 0.270. The molecule has 3 heterocycles. The molecule has 3 rings (SSSR count). The van der Waals surface area contributed by atoms with Crippen LogP contribution in [0.2, 0.25) is 0 Å². The van der Waals surface area contributed by atoms with Crippen molar-refractivity contribution in [2.75, 3.05) is 24.5 Å². The van der Waals surface area contributed by atoms with Crippen LogP contribution >= 0.6 is 0 Å². The molecule has 0 radical (unpaired) electrons. The van der Waals surface area contributed by atoms with E-state index in [1.54, 1.807) is 0 Å². The maximum Gasteiger partial charge on any atom is 0.266 e.